The third-order valence-electron chi connectivity index (χ3n) is 3.03. The van der Waals surface area contributed by atoms with Crippen molar-refractivity contribution in [1.82, 2.24) is 0 Å². The molecule has 1 aromatic carbocycles. The number of fused-ring (bicyclic) bond motifs is 1. The van der Waals surface area contributed by atoms with Gasteiger partial charge < -0.3 is 5.32 Å². The highest BCUT2D eigenvalue weighted by Crippen LogP contribution is 2.35. The van der Waals surface area contributed by atoms with Gasteiger partial charge in [-0.05, 0) is 42.9 Å². The number of benzene rings is 1. The van der Waals surface area contributed by atoms with E-state index in [4.69, 9.17) is 0 Å². The zero-order chi connectivity index (χ0) is 9.26. The maximum Gasteiger partial charge on any atom is 0.0378 e. The van der Waals surface area contributed by atoms with Gasteiger partial charge in [0.2, 0.25) is 0 Å². The van der Waals surface area contributed by atoms with E-state index >= 15 is 0 Å². The second-order valence-corrected chi connectivity index (χ2v) is 3.86. The van der Waals surface area contributed by atoms with Crippen molar-refractivity contribution in [2.24, 2.45) is 0 Å². The summed E-state index contributed by atoms with van der Waals surface area (Å²) < 4.78 is 0. The van der Waals surface area contributed by atoms with Crippen molar-refractivity contribution in [2.45, 2.75) is 32.6 Å². The highest BCUT2D eigenvalue weighted by Gasteiger charge is 2.19. The third-order valence-corrected chi connectivity index (χ3v) is 3.03. The summed E-state index contributed by atoms with van der Waals surface area (Å²) in [6.07, 6.45) is 2.55. The van der Waals surface area contributed by atoms with Gasteiger partial charge in [-0.2, -0.15) is 0 Å². The molecule has 1 aliphatic rings. The fraction of sp³-hybridized carbons (Fsp3) is 0.500. The second kappa shape index (κ2) is 3.41. The molecular formula is C12H17N. The zero-order valence-electron chi connectivity index (χ0n) is 8.43. The molecule has 0 radical (unpaired) electrons. The average Bonchev–Trinajstić information content (AvgIpc) is 2.17. The lowest BCUT2D eigenvalue weighted by Gasteiger charge is -2.27. The number of hydrogen-bond donors (Lipinski definition) is 1. The monoisotopic (exact) mass is 175 g/mol. The molecule has 1 aromatic rings. The molecule has 0 fully saturated rings. The van der Waals surface area contributed by atoms with Crippen LogP contribution in [0.3, 0.4) is 0 Å². The van der Waals surface area contributed by atoms with E-state index < -0.39 is 0 Å². The Kier molecular flexibility index (Phi) is 2.26. The Hall–Kier alpha value is -0.980. The molecule has 1 atom stereocenters. The highest BCUT2D eigenvalue weighted by atomic mass is 14.9. The Morgan fingerprint density at radius 2 is 2.31 bits per heavy atom. The fourth-order valence-corrected chi connectivity index (χ4v) is 2.31. The summed E-state index contributed by atoms with van der Waals surface area (Å²) in [7, 11) is 0. The van der Waals surface area contributed by atoms with Gasteiger partial charge in [0, 0.05) is 12.2 Å². The van der Waals surface area contributed by atoms with Crippen molar-refractivity contribution in [2.75, 3.05) is 11.9 Å². The molecule has 0 spiro atoms. The molecule has 0 saturated carbocycles. The normalized spacial score (nSPS) is 20.6. The number of hydrogen-bond acceptors (Lipinski definition) is 1. The Balaban J connectivity index is 2.47. The van der Waals surface area contributed by atoms with Crippen molar-refractivity contribution >= 4 is 5.69 Å². The lowest BCUT2D eigenvalue weighted by molar-refractivity contribution is 0.605. The Morgan fingerprint density at radius 1 is 1.46 bits per heavy atom. The largest absolute Gasteiger partial charge is 0.385 e. The van der Waals surface area contributed by atoms with Crippen LogP contribution in [0.15, 0.2) is 18.2 Å². The van der Waals surface area contributed by atoms with Gasteiger partial charge in [0.1, 0.15) is 0 Å². The van der Waals surface area contributed by atoms with Crippen molar-refractivity contribution in [1.29, 1.82) is 0 Å². The summed E-state index contributed by atoms with van der Waals surface area (Å²) in [6, 6.07) is 6.55. The van der Waals surface area contributed by atoms with Gasteiger partial charge in [-0.1, -0.05) is 19.1 Å². The molecule has 0 aliphatic carbocycles. The minimum atomic E-state index is 0.775. The summed E-state index contributed by atoms with van der Waals surface area (Å²) in [5.41, 5.74) is 4.35. The molecule has 0 aromatic heterocycles. The van der Waals surface area contributed by atoms with E-state index in [1.165, 1.54) is 24.1 Å². The van der Waals surface area contributed by atoms with E-state index in [2.05, 4.69) is 37.4 Å². The van der Waals surface area contributed by atoms with Gasteiger partial charge in [-0.25, -0.2) is 0 Å². The molecular weight excluding hydrogens is 158 g/mol. The molecule has 1 aliphatic heterocycles. The van der Waals surface area contributed by atoms with Crippen LogP contribution in [0.2, 0.25) is 0 Å². The molecule has 1 nitrogen and oxygen atoms in total. The van der Waals surface area contributed by atoms with Crippen LogP contribution in [-0.4, -0.2) is 6.54 Å². The van der Waals surface area contributed by atoms with E-state index in [-0.39, 0.29) is 0 Å². The smallest absolute Gasteiger partial charge is 0.0378 e. The first-order chi connectivity index (χ1) is 6.33. The molecule has 1 heteroatoms. The van der Waals surface area contributed by atoms with Gasteiger partial charge in [-0.15, -0.1) is 0 Å². The van der Waals surface area contributed by atoms with E-state index in [1.54, 1.807) is 5.56 Å². The standard InChI is InChI=1S/C12H17N/c1-3-10-7-8-13-11-6-4-5-9(2)12(10)11/h4-6,10,13H,3,7-8H2,1-2H3/t10-/m0/s1. The number of nitrogens with one attached hydrogen (secondary N) is 1. The lowest BCUT2D eigenvalue weighted by Crippen LogP contribution is -2.17. The Labute approximate surface area is 80.2 Å². The first-order valence-electron chi connectivity index (χ1n) is 5.16. The van der Waals surface area contributed by atoms with Crippen LogP contribution in [-0.2, 0) is 0 Å². The summed E-state index contributed by atoms with van der Waals surface area (Å²) in [4.78, 5) is 0. The first kappa shape index (κ1) is 8.61. The quantitative estimate of drug-likeness (QED) is 0.690. The number of anilines is 1. The van der Waals surface area contributed by atoms with Gasteiger partial charge in [0.05, 0.1) is 0 Å². The Morgan fingerprint density at radius 3 is 3.08 bits per heavy atom. The van der Waals surface area contributed by atoms with Gasteiger partial charge in [0.15, 0.2) is 0 Å². The predicted molar refractivity (Wildman–Crippen MR) is 57.3 cm³/mol. The lowest BCUT2D eigenvalue weighted by atomic mass is 9.86. The molecule has 70 valence electrons. The van der Waals surface area contributed by atoms with Crippen LogP contribution in [0.1, 0.15) is 36.8 Å². The van der Waals surface area contributed by atoms with E-state index in [9.17, 15) is 0 Å². The maximum atomic E-state index is 3.47. The number of rotatable bonds is 1. The molecule has 1 N–H and O–H groups in total. The number of aryl methyl sites for hydroxylation is 1. The van der Waals surface area contributed by atoms with Crippen molar-refractivity contribution in [3.63, 3.8) is 0 Å². The Bertz CT molecular complexity index is 304. The van der Waals surface area contributed by atoms with Crippen LogP contribution in [0, 0.1) is 6.92 Å². The summed E-state index contributed by atoms with van der Waals surface area (Å²) in [5.74, 6) is 0.775. The average molecular weight is 175 g/mol. The van der Waals surface area contributed by atoms with Crippen molar-refractivity contribution in [3.05, 3.63) is 29.3 Å². The predicted octanol–water partition coefficient (Wildman–Crippen LogP) is 3.30. The SMILES string of the molecule is CC[C@H]1CCNc2cccc(C)c21. The van der Waals surface area contributed by atoms with Crippen LogP contribution >= 0.6 is 0 Å². The summed E-state index contributed by atoms with van der Waals surface area (Å²) in [6.45, 7) is 5.63. The molecule has 0 saturated heterocycles. The van der Waals surface area contributed by atoms with Crippen molar-refractivity contribution in [3.8, 4) is 0 Å². The maximum absolute atomic E-state index is 3.47. The minimum absolute atomic E-state index is 0.775. The zero-order valence-corrected chi connectivity index (χ0v) is 8.43. The van der Waals surface area contributed by atoms with Crippen LogP contribution in [0.5, 0.6) is 0 Å². The minimum Gasteiger partial charge on any atom is -0.385 e. The molecule has 13 heavy (non-hydrogen) atoms. The van der Waals surface area contributed by atoms with E-state index in [0.29, 0.717) is 0 Å². The van der Waals surface area contributed by atoms with Crippen LogP contribution in [0.4, 0.5) is 5.69 Å². The molecule has 0 unspecified atom stereocenters. The van der Waals surface area contributed by atoms with Crippen LogP contribution < -0.4 is 5.32 Å². The van der Waals surface area contributed by atoms with Crippen LogP contribution in [0.25, 0.3) is 0 Å². The third kappa shape index (κ3) is 1.43. The van der Waals surface area contributed by atoms with Gasteiger partial charge in [0.25, 0.3) is 0 Å². The topological polar surface area (TPSA) is 12.0 Å². The molecule has 0 bridgehead atoms. The van der Waals surface area contributed by atoms with E-state index in [1.807, 2.05) is 0 Å². The fourth-order valence-electron chi connectivity index (χ4n) is 2.31. The first-order valence-corrected chi connectivity index (χ1v) is 5.16. The molecule has 1 heterocycles. The molecule has 2 rings (SSSR count). The van der Waals surface area contributed by atoms with E-state index in [0.717, 1.165) is 12.5 Å². The van der Waals surface area contributed by atoms with Crippen molar-refractivity contribution < 1.29 is 0 Å². The second-order valence-electron chi connectivity index (χ2n) is 3.86. The highest BCUT2D eigenvalue weighted by molar-refractivity contribution is 5.57. The van der Waals surface area contributed by atoms with Gasteiger partial charge in [-0.3, -0.25) is 0 Å². The molecule has 0 amide bonds. The summed E-state index contributed by atoms with van der Waals surface area (Å²) in [5, 5.41) is 3.47. The summed E-state index contributed by atoms with van der Waals surface area (Å²) >= 11 is 0. The van der Waals surface area contributed by atoms with Gasteiger partial charge >= 0.3 is 0 Å².